The Balaban J connectivity index is 2.30. The van der Waals surface area contributed by atoms with Gasteiger partial charge in [-0.3, -0.25) is 0 Å². The van der Waals surface area contributed by atoms with Crippen LogP contribution in [0.1, 0.15) is 24.0 Å². The Bertz CT molecular complexity index is 329. The molecule has 0 heterocycles. The van der Waals surface area contributed by atoms with Crippen LogP contribution in [-0.2, 0) is 0 Å². The Morgan fingerprint density at radius 2 is 2.00 bits per heavy atom. The molecular weight excluding hydrogens is 226 g/mol. The van der Waals surface area contributed by atoms with E-state index in [1.807, 2.05) is 0 Å². The zero-order valence-electron chi connectivity index (χ0n) is 8.02. The van der Waals surface area contributed by atoms with Crippen LogP contribution in [0.2, 0.25) is 0 Å². The van der Waals surface area contributed by atoms with Gasteiger partial charge in [0.25, 0.3) is 0 Å². The van der Waals surface area contributed by atoms with Crippen molar-refractivity contribution in [3.63, 3.8) is 0 Å². The van der Waals surface area contributed by atoms with Crippen LogP contribution in [0.5, 0.6) is 0 Å². The maximum absolute atomic E-state index is 3.57. The number of hydrogen-bond donors (Lipinski definition) is 1. The second-order valence-electron chi connectivity index (χ2n) is 3.84. The molecule has 1 aromatic rings. The third-order valence-electron chi connectivity index (χ3n) is 2.43. The monoisotopic (exact) mass is 239 g/mol. The molecule has 0 spiro atoms. The predicted molar refractivity (Wildman–Crippen MR) is 60.3 cm³/mol. The maximum atomic E-state index is 3.57. The fraction of sp³-hybridized carbons (Fsp3) is 0.455. The van der Waals surface area contributed by atoms with Gasteiger partial charge < -0.3 is 5.32 Å². The maximum Gasteiger partial charge on any atom is 0.0386 e. The van der Waals surface area contributed by atoms with Crippen LogP contribution in [0, 0.1) is 13.8 Å². The first-order valence-corrected chi connectivity index (χ1v) is 5.49. The third-order valence-corrected chi connectivity index (χ3v) is 3.25. The second-order valence-corrected chi connectivity index (χ2v) is 4.69. The van der Waals surface area contributed by atoms with Gasteiger partial charge in [-0.1, -0.05) is 15.9 Å². The third kappa shape index (κ3) is 2.05. The van der Waals surface area contributed by atoms with E-state index in [0.717, 1.165) is 6.04 Å². The van der Waals surface area contributed by atoms with E-state index in [2.05, 4.69) is 47.2 Å². The lowest BCUT2D eigenvalue weighted by molar-refractivity contribution is 1.14. The summed E-state index contributed by atoms with van der Waals surface area (Å²) in [4.78, 5) is 0. The van der Waals surface area contributed by atoms with Crippen LogP contribution < -0.4 is 5.32 Å². The van der Waals surface area contributed by atoms with Crippen LogP contribution in [0.15, 0.2) is 16.6 Å². The van der Waals surface area contributed by atoms with Gasteiger partial charge in [-0.05, 0) is 49.9 Å². The van der Waals surface area contributed by atoms with Gasteiger partial charge in [0.1, 0.15) is 0 Å². The molecule has 70 valence electrons. The van der Waals surface area contributed by atoms with Gasteiger partial charge in [-0.15, -0.1) is 0 Å². The minimum atomic E-state index is 0.729. The minimum Gasteiger partial charge on any atom is -0.382 e. The molecule has 1 saturated carbocycles. The van der Waals surface area contributed by atoms with E-state index in [0.29, 0.717) is 0 Å². The molecule has 13 heavy (non-hydrogen) atoms. The Kier molecular flexibility index (Phi) is 2.33. The van der Waals surface area contributed by atoms with Crippen molar-refractivity contribution in [1.82, 2.24) is 0 Å². The highest BCUT2D eigenvalue weighted by molar-refractivity contribution is 9.10. The second kappa shape index (κ2) is 3.33. The largest absolute Gasteiger partial charge is 0.382 e. The fourth-order valence-corrected chi connectivity index (χ4v) is 1.99. The Hall–Kier alpha value is -0.500. The first-order chi connectivity index (χ1) is 6.16. The van der Waals surface area contributed by atoms with Crippen LogP contribution in [0.3, 0.4) is 0 Å². The van der Waals surface area contributed by atoms with Crippen LogP contribution >= 0.6 is 15.9 Å². The van der Waals surface area contributed by atoms with E-state index in [1.54, 1.807) is 0 Å². The SMILES string of the molecule is Cc1cc(Br)c(C)c(NC2CC2)c1. The molecule has 1 aromatic carbocycles. The number of nitrogens with one attached hydrogen (secondary N) is 1. The highest BCUT2D eigenvalue weighted by Gasteiger charge is 2.21. The van der Waals surface area contributed by atoms with Crippen molar-refractivity contribution in [3.05, 3.63) is 27.7 Å². The number of aryl methyl sites for hydroxylation is 1. The number of rotatable bonds is 2. The summed E-state index contributed by atoms with van der Waals surface area (Å²) in [5.41, 5.74) is 3.91. The molecule has 0 aromatic heterocycles. The van der Waals surface area contributed by atoms with E-state index >= 15 is 0 Å². The Morgan fingerprint density at radius 3 is 2.62 bits per heavy atom. The number of benzene rings is 1. The zero-order valence-corrected chi connectivity index (χ0v) is 9.61. The first-order valence-electron chi connectivity index (χ1n) is 4.70. The molecule has 1 N–H and O–H groups in total. The molecule has 1 aliphatic rings. The van der Waals surface area contributed by atoms with Crippen molar-refractivity contribution in [2.45, 2.75) is 32.7 Å². The van der Waals surface area contributed by atoms with Crippen molar-refractivity contribution >= 4 is 21.6 Å². The zero-order chi connectivity index (χ0) is 9.42. The fourth-order valence-electron chi connectivity index (χ4n) is 1.41. The molecule has 0 unspecified atom stereocenters. The van der Waals surface area contributed by atoms with Crippen molar-refractivity contribution in [3.8, 4) is 0 Å². The van der Waals surface area contributed by atoms with Crippen molar-refractivity contribution in [2.75, 3.05) is 5.32 Å². The standard InChI is InChI=1S/C11H14BrN/c1-7-5-10(12)8(2)11(6-7)13-9-3-4-9/h5-6,9,13H,3-4H2,1-2H3. The molecule has 2 heteroatoms. The van der Waals surface area contributed by atoms with Crippen LogP contribution in [0.4, 0.5) is 5.69 Å². The summed E-state index contributed by atoms with van der Waals surface area (Å²) in [6.07, 6.45) is 2.65. The van der Waals surface area contributed by atoms with E-state index in [1.165, 1.54) is 34.1 Å². The molecule has 1 nitrogen and oxygen atoms in total. The molecule has 0 atom stereocenters. The van der Waals surface area contributed by atoms with Gasteiger partial charge in [-0.2, -0.15) is 0 Å². The van der Waals surface area contributed by atoms with Gasteiger partial charge >= 0.3 is 0 Å². The molecule has 0 aliphatic heterocycles. The lowest BCUT2D eigenvalue weighted by Gasteiger charge is -2.11. The van der Waals surface area contributed by atoms with Crippen molar-refractivity contribution in [1.29, 1.82) is 0 Å². The molecule has 0 radical (unpaired) electrons. The van der Waals surface area contributed by atoms with E-state index in [-0.39, 0.29) is 0 Å². The van der Waals surface area contributed by atoms with Gasteiger partial charge in [0, 0.05) is 16.2 Å². The molecule has 2 rings (SSSR count). The molecule has 1 fully saturated rings. The topological polar surface area (TPSA) is 12.0 Å². The average molecular weight is 240 g/mol. The molecule has 0 bridgehead atoms. The number of halogens is 1. The van der Waals surface area contributed by atoms with Crippen molar-refractivity contribution < 1.29 is 0 Å². The van der Waals surface area contributed by atoms with Gasteiger partial charge in [0.15, 0.2) is 0 Å². The average Bonchev–Trinajstić information content (AvgIpc) is 2.83. The van der Waals surface area contributed by atoms with E-state index in [4.69, 9.17) is 0 Å². The number of anilines is 1. The summed E-state index contributed by atoms with van der Waals surface area (Å²) < 4.78 is 1.20. The lowest BCUT2D eigenvalue weighted by Crippen LogP contribution is -2.03. The van der Waals surface area contributed by atoms with Crippen LogP contribution in [0.25, 0.3) is 0 Å². The molecule has 0 amide bonds. The summed E-state index contributed by atoms with van der Waals surface area (Å²) in [5.74, 6) is 0. The van der Waals surface area contributed by atoms with Crippen LogP contribution in [-0.4, -0.2) is 6.04 Å². The predicted octanol–water partition coefficient (Wildman–Crippen LogP) is 3.64. The first kappa shape index (κ1) is 9.07. The minimum absolute atomic E-state index is 0.729. The Morgan fingerprint density at radius 1 is 1.31 bits per heavy atom. The summed E-state index contributed by atoms with van der Waals surface area (Å²) in [6.45, 7) is 4.27. The van der Waals surface area contributed by atoms with Gasteiger partial charge in [0.05, 0.1) is 0 Å². The summed E-state index contributed by atoms with van der Waals surface area (Å²) in [6, 6.07) is 5.11. The lowest BCUT2D eigenvalue weighted by atomic mass is 10.1. The van der Waals surface area contributed by atoms with E-state index in [9.17, 15) is 0 Å². The smallest absolute Gasteiger partial charge is 0.0386 e. The van der Waals surface area contributed by atoms with Gasteiger partial charge in [-0.25, -0.2) is 0 Å². The number of hydrogen-bond acceptors (Lipinski definition) is 1. The van der Waals surface area contributed by atoms with Crippen molar-refractivity contribution in [2.24, 2.45) is 0 Å². The Labute approximate surface area is 87.7 Å². The highest BCUT2D eigenvalue weighted by Crippen LogP contribution is 2.30. The molecule has 0 saturated heterocycles. The molecular formula is C11H14BrN. The molecule has 1 aliphatic carbocycles. The summed E-state index contributed by atoms with van der Waals surface area (Å²) in [7, 11) is 0. The highest BCUT2D eigenvalue weighted by atomic mass is 79.9. The summed E-state index contributed by atoms with van der Waals surface area (Å²) >= 11 is 3.57. The normalized spacial score (nSPS) is 15.9. The van der Waals surface area contributed by atoms with E-state index < -0.39 is 0 Å². The summed E-state index contributed by atoms with van der Waals surface area (Å²) in [5, 5.41) is 3.54. The van der Waals surface area contributed by atoms with Gasteiger partial charge in [0.2, 0.25) is 0 Å². The quantitative estimate of drug-likeness (QED) is 0.832.